The molecule has 0 aliphatic carbocycles. The molecule has 1 N–H and O–H groups in total. The molecule has 0 saturated carbocycles. The van der Waals surface area contributed by atoms with Gasteiger partial charge in [-0.25, -0.2) is 8.42 Å². The molecule has 0 fully saturated rings. The predicted octanol–water partition coefficient (Wildman–Crippen LogP) is 4.35. The number of ether oxygens (including phenoxy) is 1. The molecule has 0 amide bonds. The smallest absolute Gasteiger partial charge is 0.262 e. The van der Waals surface area contributed by atoms with Crippen LogP contribution in [-0.2, 0) is 10.0 Å². The van der Waals surface area contributed by atoms with Crippen molar-refractivity contribution in [2.75, 3.05) is 11.8 Å². The van der Waals surface area contributed by atoms with Crippen LogP contribution in [0.2, 0.25) is 10.0 Å². The summed E-state index contributed by atoms with van der Waals surface area (Å²) < 4.78 is 33.2. The van der Waals surface area contributed by atoms with Crippen molar-refractivity contribution < 1.29 is 13.2 Å². The monoisotopic (exact) mass is 382 g/mol. The number of methoxy groups -OCH3 is 1. The molecule has 0 aliphatic rings. The van der Waals surface area contributed by atoms with E-state index >= 15 is 0 Å². The number of benzene rings is 2. The molecule has 0 aliphatic heterocycles. The summed E-state index contributed by atoms with van der Waals surface area (Å²) in [6.07, 6.45) is 1.58. The zero-order valence-corrected chi connectivity index (χ0v) is 14.8. The minimum Gasteiger partial charge on any atom is -0.494 e. The van der Waals surface area contributed by atoms with E-state index in [1.54, 1.807) is 24.4 Å². The molecular weight excluding hydrogens is 371 g/mol. The number of anilines is 1. The maximum atomic E-state index is 12.8. The lowest BCUT2D eigenvalue weighted by atomic mass is 10.2. The summed E-state index contributed by atoms with van der Waals surface area (Å²) in [5.74, 6) is 0.499. The number of rotatable bonds is 4. The number of aromatic nitrogens is 1. The number of hydrogen-bond acceptors (Lipinski definition) is 4. The molecule has 2 aromatic carbocycles. The number of sulfonamides is 1. The van der Waals surface area contributed by atoms with E-state index in [-0.39, 0.29) is 9.92 Å². The second kappa shape index (κ2) is 6.47. The lowest BCUT2D eigenvalue weighted by Crippen LogP contribution is -2.13. The van der Waals surface area contributed by atoms with Crippen LogP contribution in [0.1, 0.15) is 0 Å². The first kappa shape index (κ1) is 16.8. The third-order valence-electron chi connectivity index (χ3n) is 3.37. The number of halogens is 2. The van der Waals surface area contributed by atoms with Gasteiger partial charge in [-0.2, -0.15) is 0 Å². The number of fused-ring (bicyclic) bond motifs is 1. The fourth-order valence-corrected chi connectivity index (χ4v) is 3.84. The zero-order chi connectivity index (χ0) is 17.3. The first-order chi connectivity index (χ1) is 11.4. The van der Waals surface area contributed by atoms with Gasteiger partial charge in [0.15, 0.2) is 0 Å². The molecule has 8 heteroatoms. The molecule has 5 nitrogen and oxygen atoms in total. The van der Waals surface area contributed by atoms with Crippen LogP contribution in [-0.4, -0.2) is 20.5 Å². The summed E-state index contributed by atoms with van der Waals surface area (Å²) in [6, 6.07) is 10.9. The van der Waals surface area contributed by atoms with Crippen LogP contribution >= 0.6 is 23.2 Å². The summed E-state index contributed by atoms with van der Waals surface area (Å²) in [4.78, 5) is 4.30. The Balaban J connectivity index is 2.10. The van der Waals surface area contributed by atoms with Gasteiger partial charge >= 0.3 is 0 Å². The molecule has 1 aromatic heterocycles. The van der Waals surface area contributed by atoms with Crippen molar-refractivity contribution in [3.05, 3.63) is 58.7 Å². The van der Waals surface area contributed by atoms with Gasteiger partial charge in [0.05, 0.1) is 27.7 Å². The molecule has 24 heavy (non-hydrogen) atoms. The van der Waals surface area contributed by atoms with Gasteiger partial charge in [-0.3, -0.25) is 9.71 Å². The van der Waals surface area contributed by atoms with Crippen molar-refractivity contribution in [3.8, 4) is 5.75 Å². The van der Waals surface area contributed by atoms with Crippen LogP contribution < -0.4 is 9.46 Å². The van der Waals surface area contributed by atoms with Crippen LogP contribution in [0.4, 0.5) is 5.69 Å². The number of hydrogen-bond donors (Lipinski definition) is 1. The highest BCUT2D eigenvalue weighted by molar-refractivity contribution is 7.93. The topological polar surface area (TPSA) is 68.3 Å². The highest BCUT2D eigenvalue weighted by atomic mass is 35.5. The largest absolute Gasteiger partial charge is 0.494 e. The van der Waals surface area contributed by atoms with Gasteiger partial charge in [0.2, 0.25) is 0 Å². The minimum absolute atomic E-state index is 0.0949. The van der Waals surface area contributed by atoms with Gasteiger partial charge in [0, 0.05) is 11.6 Å². The van der Waals surface area contributed by atoms with E-state index in [0.717, 1.165) is 0 Å². The van der Waals surface area contributed by atoms with E-state index in [2.05, 4.69) is 9.71 Å². The van der Waals surface area contributed by atoms with Crippen LogP contribution in [0.3, 0.4) is 0 Å². The zero-order valence-electron chi connectivity index (χ0n) is 12.5. The summed E-state index contributed by atoms with van der Waals surface area (Å²) in [5.41, 5.74) is 0.786. The molecule has 1 heterocycles. The molecule has 3 aromatic rings. The van der Waals surface area contributed by atoms with Crippen molar-refractivity contribution in [2.24, 2.45) is 0 Å². The Morgan fingerprint density at radius 1 is 1.08 bits per heavy atom. The van der Waals surface area contributed by atoms with E-state index in [9.17, 15) is 8.42 Å². The normalized spacial score (nSPS) is 11.5. The Morgan fingerprint density at radius 3 is 2.58 bits per heavy atom. The van der Waals surface area contributed by atoms with Crippen molar-refractivity contribution in [1.29, 1.82) is 0 Å². The van der Waals surface area contributed by atoms with E-state index < -0.39 is 10.0 Å². The van der Waals surface area contributed by atoms with Crippen molar-refractivity contribution in [3.63, 3.8) is 0 Å². The van der Waals surface area contributed by atoms with E-state index in [1.165, 1.54) is 31.4 Å². The summed E-state index contributed by atoms with van der Waals surface area (Å²) in [6.45, 7) is 0. The third-order valence-corrected chi connectivity index (χ3v) is 5.55. The van der Waals surface area contributed by atoms with Gasteiger partial charge in [0.1, 0.15) is 11.3 Å². The lowest BCUT2D eigenvalue weighted by Gasteiger charge is -2.12. The van der Waals surface area contributed by atoms with E-state index in [4.69, 9.17) is 27.9 Å². The average molecular weight is 383 g/mol. The molecule has 124 valence electrons. The van der Waals surface area contributed by atoms with E-state index in [0.29, 0.717) is 27.4 Å². The Morgan fingerprint density at radius 2 is 1.88 bits per heavy atom. The maximum Gasteiger partial charge on any atom is 0.262 e. The molecule has 0 saturated heterocycles. The molecule has 0 unspecified atom stereocenters. The second-order valence-corrected chi connectivity index (χ2v) is 7.37. The third kappa shape index (κ3) is 3.13. The Hall–Kier alpha value is -2.02. The van der Waals surface area contributed by atoms with Gasteiger partial charge in [-0.05, 0) is 42.5 Å². The van der Waals surface area contributed by atoms with Gasteiger partial charge in [-0.1, -0.05) is 23.2 Å². The quantitative estimate of drug-likeness (QED) is 0.727. The van der Waals surface area contributed by atoms with Gasteiger partial charge in [-0.15, -0.1) is 0 Å². The van der Waals surface area contributed by atoms with Crippen molar-refractivity contribution in [2.45, 2.75) is 4.90 Å². The van der Waals surface area contributed by atoms with Crippen LogP contribution in [0, 0.1) is 0 Å². The fraction of sp³-hybridized carbons (Fsp3) is 0.0625. The van der Waals surface area contributed by atoms with Gasteiger partial charge < -0.3 is 4.74 Å². The summed E-state index contributed by atoms with van der Waals surface area (Å²) in [7, 11) is -2.34. The molecule has 0 atom stereocenters. The Bertz CT molecular complexity index is 1020. The highest BCUT2D eigenvalue weighted by Crippen LogP contribution is 2.31. The standard InChI is InChI=1S/C16H12Cl2N2O3S/c1-23-14-6-7-15(11-3-2-8-19-16(11)14)24(21,22)20-10-4-5-12(17)13(18)9-10/h2-9,20H,1H3. The maximum absolute atomic E-state index is 12.8. The van der Waals surface area contributed by atoms with Crippen LogP contribution in [0.15, 0.2) is 53.6 Å². The number of pyridine rings is 1. The SMILES string of the molecule is COc1ccc(S(=O)(=O)Nc2ccc(Cl)c(Cl)c2)c2cccnc12. The molecule has 0 radical (unpaired) electrons. The summed E-state index contributed by atoms with van der Waals surface area (Å²) in [5, 5.41) is 1.07. The number of nitrogens with zero attached hydrogens (tertiary/aromatic N) is 1. The van der Waals surface area contributed by atoms with Crippen LogP contribution in [0.5, 0.6) is 5.75 Å². The Labute approximate surface area is 149 Å². The highest BCUT2D eigenvalue weighted by Gasteiger charge is 2.20. The van der Waals surface area contributed by atoms with Crippen molar-refractivity contribution in [1.82, 2.24) is 4.98 Å². The first-order valence-corrected chi connectivity index (χ1v) is 9.06. The molecule has 3 rings (SSSR count). The van der Waals surface area contributed by atoms with Gasteiger partial charge in [0.25, 0.3) is 10.0 Å². The molecular formula is C16H12Cl2N2O3S. The Kier molecular flexibility index (Phi) is 4.54. The first-order valence-electron chi connectivity index (χ1n) is 6.82. The van der Waals surface area contributed by atoms with E-state index in [1.807, 2.05) is 0 Å². The summed E-state index contributed by atoms with van der Waals surface area (Å²) >= 11 is 11.8. The number of nitrogens with one attached hydrogen (secondary N) is 1. The predicted molar refractivity (Wildman–Crippen MR) is 95.6 cm³/mol. The van der Waals surface area contributed by atoms with Crippen molar-refractivity contribution >= 4 is 49.8 Å². The fourth-order valence-electron chi connectivity index (χ4n) is 2.29. The second-order valence-electron chi connectivity index (χ2n) is 4.90. The average Bonchev–Trinajstić information content (AvgIpc) is 2.56. The molecule has 0 bridgehead atoms. The molecule has 0 spiro atoms. The minimum atomic E-state index is -3.84. The lowest BCUT2D eigenvalue weighted by molar-refractivity contribution is 0.418. The van der Waals surface area contributed by atoms with Crippen LogP contribution in [0.25, 0.3) is 10.9 Å².